The van der Waals surface area contributed by atoms with Gasteiger partial charge in [0.05, 0.1) is 4.88 Å². The minimum atomic E-state index is -0.0109. The Balaban J connectivity index is 2.24. The van der Waals surface area contributed by atoms with Gasteiger partial charge in [0.25, 0.3) is 5.91 Å². The van der Waals surface area contributed by atoms with Crippen molar-refractivity contribution in [2.45, 2.75) is 33.1 Å². The van der Waals surface area contributed by atoms with E-state index in [9.17, 15) is 4.79 Å². The molecule has 0 bridgehead atoms. The van der Waals surface area contributed by atoms with Gasteiger partial charge in [0.15, 0.2) is 0 Å². The van der Waals surface area contributed by atoms with Crippen LogP contribution in [0.5, 0.6) is 0 Å². The summed E-state index contributed by atoms with van der Waals surface area (Å²) in [5, 5.41) is 4.99. The van der Waals surface area contributed by atoms with Crippen LogP contribution in [0.25, 0.3) is 0 Å². The zero-order valence-electron chi connectivity index (χ0n) is 11.6. The third kappa shape index (κ3) is 3.04. The van der Waals surface area contributed by atoms with Crippen molar-refractivity contribution in [1.29, 1.82) is 0 Å². The molecule has 0 radical (unpaired) electrons. The molecule has 1 amide bonds. The van der Waals surface area contributed by atoms with Crippen LogP contribution in [-0.4, -0.2) is 5.91 Å². The van der Waals surface area contributed by atoms with Crippen LogP contribution in [0.15, 0.2) is 35.7 Å². The summed E-state index contributed by atoms with van der Waals surface area (Å²) in [6, 6.07) is 10.0. The Morgan fingerprint density at radius 1 is 1.32 bits per heavy atom. The number of carbonyl (C=O) groups excluding carboxylic acids is 1. The van der Waals surface area contributed by atoms with Gasteiger partial charge in [-0.2, -0.15) is 0 Å². The average molecular weight is 273 g/mol. The molecule has 100 valence electrons. The van der Waals surface area contributed by atoms with Gasteiger partial charge in [0.2, 0.25) is 0 Å². The highest BCUT2D eigenvalue weighted by molar-refractivity contribution is 7.12. The number of hydrogen-bond acceptors (Lipinski definition) is 2. The molecule has 1 heterocycles. The topological polar surface area (TPSA) is 29.1 Å². The van der Waals surface area contributed by atoms with Crippen LogP contribution in [0, 0.1) is 6.92 Å². The van der Waals surface area contributed by atoms with Gasteiger partial charge in [-0.1, -0.05) is 32.0 Å². The fraction of sp³-hybridized carbons (Fsp3) is 0.312. The van der Waals surface area contributed by atoms with Gasteiger partial charge in [-0.25, -0.2) is 0 Å². The summed E-state index contributed by atoms with van der Waals surface area (Å²) < 4.78 is 0. The quantitative estimate of drug-likeness (QED) is 0.850. The van der Waals surface area contributed by atoms with Crippen molar-refractivity contribution in [1.82, 2.24) is 0 Å². The third-order valence-corrected chi connectivity index (χ3v) is 4.44. The van der Waals surface area contributed by atoms with Crippen LogP contribution in [0.2, 0.25) is 0 Å². The van der Waals surface area contributed by atoms with E-state index in [1.807, 2.05) is 36.6 Å². The van der Waals surface area contributed by atoms with Crippen molar-refractivity contribution in [3.63, 3.8) is 0 Å². The summed E-state index contributed by atoms with van der Waals surface area (Å²) in [5.41, 5.74) is 3.16. The van der Waals surface area contributed by atoms with Gasteiger partial charge in [-0.15, -0.1) is 11.3 Å². The van der Waals surface area contributed by atoms with E-state index in [0.717, 1.165) is 22.5 Å². The zero-order valence-corrected chi connectivity index (χ0v) is 12.4. The number of aryl methyl sites for hydroxylation is 1. The number of rotatable bonds is 4. The largest absolute Gasteiger partial charge is 0.321 e. The molecule has 0 saturated carbocycles. The third-order valence-electron chi connectivity index (χ3n) is 3.42. The fourth-order valence-corrected chi connectivity index (χ4v) is 2.87. The normalized spacial score (nSPS) is 12.2. The highest BCUT2D eigenvalue weighted by Gasteiger charge is 2.14. The number of hydrogen-bond donors (Lipinski definition) is 1. The highest BCUT2D eigenvalue weighted by Crippen LogP contribution is 2.27. The lowest BCUT2D eigenvalue weighted by Crippen LogP contribution is -2.13. The van der Waals surface area contributed by atoms with Gasteiger partial charge in [0, 0.05) is 5.69 Å². The monoisotopic (exact) mass is 273 g/mol. The lowest BCUT2D eigenvalue weighted by atomic mass is 9.97. The van der Waals surface area contributed by atoms with E-state index in [1.54, 1.807) is 0 Å². The summed E-state index contributed by atoms with van der Waals surface area (Å²) in [4.78, 5) is 13.0. The molecule has 0 aliphatic carbocycles. The molecule has 19 heavy (non-hydrogen) atoms. The van der Waals surface area contributed by atoms with Crippen molar-refractivity contribution in [2.75, 3.05) is 5.32 Å². The first-order chi connectivity index (χ1) is 9.13. The van der Waals surface area contributed by atoms with Crippen LogP contribution in [0.3, 0.4) is 0 Å². The molecule has 0 aliphatic heterocycles. The summed E-state index contributed by atoms with van der Waals surface area (Å²) >= 11 is 1.48. The second kappa shape index (κ2) is 6.02. The minimum Gasteiger partial charge on any atom is -0.321 e. The number of nitrogens with one attached hydrogen (secondary N) is 1. The molecule has 2 nitrogen and oxygen atoms in total. The summed E-state index contributed by atoms with van der Waals surface area (Å²) in [6.45, 7) is 6.31. The Morgan fingerprint density at radius 2 is 2.05 bits per heavy atom. The summed E-state index contributed by atoms with van der Waals surface area (Å²) in [7, 11) is 0. The van der Waals surface area contributed by atoms with Crippen molar-refractivity contribution < 1.29 is 4.79 Å². The lowest BCUT2D eigenvalue weighted by molar-refractivity contribution is 0.103. The zero-order chi connectivity index (χ0) is 13.8. The molecule has 1 atom stereocenters. The van der Waals surface area contributed by atoms with Gasteiger partial charge in [-0.05, 0) is 47.9 Å². The maximum absolute atomic E-state index is 12.3. The molecular weight excluding hydrogens is 254 g/mol. The maximum atomic E-state index is 12.3. The predicted molar refractivity (Wildman–Crippen MR) is 82.2 cm³/mol. The summed E-state index contributed by atoms with van der Waals surface area (Å²) in [5.74, 6) is 0.434. The second-order valence-electron chi connectivity index (χ2n) is 4.78. The maximum Gasteiger partial charge on any atom is 0.266 e. The Labute approximate surface area is 118 Å². The molecule has 1 aromatic carbocycles. The van der Waals surface area contributed by atoms with Crippen LogP contribution >= 0.6 is 11.3 Å². The van der Waals surface area contributed by atoms with Crippen molar-refractivity contribution >= 4 is 22.9 Å². The molecule has 2 aromatic rings. The Kier molecular flexibility index (Phi) is 4.38. The number of anilines is 1. The number of benzene rings is 1. The van der Waals surface area contributed by atoms with E-state index < -0.39 is 0 Å². The standard InChI is InChI=1S/C16H19NOS/c1-4-11(2)13-7-5-6-8-14(13)17-16(18)15-12(3)9-10-19-15/h5-11H,4H2,1-3H3,(H,17,18)/t11-/m0/s1. The molecule has 0 fully saturated rings. The smallest absolute Gasteiger partial charge is 0.266 e. The van der Waals surface area contributed by atoms with Gasteiger partial charge >= 0.3 is 0 Å². The average Bonchev–Trinajstić information content (AvgIpc) is 2.85. The fourth-order valence-electron chi connectivity index (χ4n) is 2.04. The molecule has 0 unspecified atom stereocenters. The summed E-state index contributed by atoms with van der Waals surface area (Å²) in [6.07, 6.45) is 1.06. The Hall–Kier alpha value is -1.61. The molecule has 0 aliphatic rings. The van der Waals surface area contributed by atoms with Crippen LogP contribution < -0.4 is 5.32 Å². The molecular formula is C16H19NOS. The first kappa shape index (κ1) is 13.8. The van der Waals surface area contributed by atoms with Crippen LogP contribution in [0.4, 0.5) is 5.69 Å². The predicted octanol–water partition coefficient (Wildman–Crippen LogP) is 4.82. The van der Waals surface area contributed by atoms with Gasteiger partial charge in [0.1, 0.15) is 0 Å². The Bertz CT molecular complexity index is 574. The van der Waals surface area contributed by atoms with E-state index >= 15 is 0 Å². The molecule has 0 spiro atoms. The van der Waals surface area contributed by atoms with Gasteiger partial charge < -0.3 is 5.32 Å². The van der Waals surface area contributed by atoms with E-state index in [1.165, 1.54) is 16.9 Å². The molecule has 1 N–H and O–H groups in total. The number of amides is 1. The van der Waals surface area contributed by atoms with Crippen LogP contribution in [-0.2, 0) is 0 Å². The van der Waals surface area contributed by atoms with Crippen molar-refractivity contribution in [3.8, 4) is 0 Å². The van der Waals surface area contributed by atoms with E-state index in [2.05, 4.69) is 25.2 Å². The molecule has 1 aromatic heterocycles. The van der Waals surface area contributed by atoms with E-state index in [-0.39, 0.29) is 5.91 Å². The number of carbonyl (C=O) groups is 1. The van der Waals surface area contributed by atoms with Gasteiger partial charge in [-0.3, -0.25) is 4.79 Å². The molecule has 0 saturated heterocycles. The first-order valence-electron chi connectivity index (χ1n) is 6.57. The molecule has 3 heteroatoms. The molecule has 2 rings (SSSR count). The Morgan fingerprint density at radius 3 is 2.68 bits per heavy atom. The minimum absolute atomic E-state index is 0.0109. The van der Waals surface area contributed by atoms with Crippen molar-refractivity contribution in [3.05, 3.63) is 51.7 Å². The number of para-hydroxylation sites is 1. The second-order valence-corrected chi connectivity index (χ2v) is 5.70. The lowest BCUT2D eigenvalue weighted by Gasteiger charge is -2.15. The van der Waals surface area contributed by atoms with Crippen LogP contribution in [0.1, 0.15) is 47.0 Å². The van der Waals surface area contributed by atoms with Crippen molar-refractivity contribution in [2.24, 2.45) is 0 Å². The van der Waals surface area contributed by atoms with E-state index in [4.69, 9.17) is 0 Å². The highest BCUT2D eigenvalue weighted by atomic mass is 32.1. The first-order valence-corrected chi connectivity index (χ1v) is 7.45. The van der Waals surface area contributed by atoms with E-state index in [0.29, 0.717) is 5.92 Å². The number of thiophene rings is 1. The SMILES string of the molecule is CC[C@H](C)c1ccccc1NC(=O)c1sccc1C.